The first-order valence-corrected chi connectivity index (χ1v) is 3.64. The number of nitrogens with one attached hydrogen (secondary N) is 1. The molecule has 0 fully saturated rings. The van der Waals surface area contributed by atoms with Crippen LogP contribution in [0.5, 0.6) is 0 Å². The van der Waals surface area contributed by atoms with Gasteiger partial charge in [-0.15, -0.1) is 0 Å². The molecule has 0 aromatic rings. The Morgan fingerprint density at radius 1 is 1.64 bits per heavy atom. The molecule has 1 N–H and O–H groups in total. The van der Waals surface area contributed by atoms with E-state index in [1.165, 1.54) is 0 Å². The van der Waals surface area contributed by atoms with Crippen molar-refractivity contribution in [2.45, 2.75) is 6.23 Å². The summed E-state index contributed by atoms with van der Waals surface area (Å²) >= 11 is 4.83. The summed E-state index contributed by atoms with van der Waals surface area (Å²) in [5.74, 6) is 0. The van der Waals surface area contributed by atoms with Gasteiger partial charge in [0.15, 0.2) is 11.3 Å². The van der Waals surface area contributed by atoms with Crippen molar-refractivity contribution < 1.29 is 4.74 Å². The molecule has 0 spiro atoms. The van der Waals surface area contributed by atoms with Crippen molar-refractivity contribution in [2.75, 3.05) is 0 Å². The van der Waals surface area contributed by atoms with E-state index >= 15 is 0 Å². The average Bonchev–Trinajstić information content (AvgIpc) is 2.04. The molecule has 0 aromatic carbocycles. The van der Waals surface area contributed by atoms with Crippen LogP contribution in [0.3, 0.4) is 0 Å². The van der Waals surface area contributed by atoms with Crippen LogP contribution in [-0.2, 0) is 4.74 Å². The largest absolute Gasteiger partial charge is 0.474 e. The van der Waals surface area contributed by atoms with Gasteiger partial charge in [0, 0.05) is 11.8 Å². The molecule has 0 aliphatic carbocycles. The van der Waals surface area contributed by atoms with E-state index in [1.807, 2.05) is 12.2 Å². The van der Waals surface area contributed by atoms with Crippen LogP contribution < -0.4 is 5.32 Å². The molecule has 1 unspecified atom stereocenters. The normalized spacial score (nSPS) is 26.7. The highest BCUT2D eigenvalue weighted by molar-refractivity contribution is 7.80. The SMILES string of the molecule is S=C1N=CC2=CC=COC2N1. The second kappa shape index (κ2) is 2.47. The lowest BCUT2D eigenvalue weighted by atomic mass is 10.2. The number of allylic oxidation sites excluding steroid dienone is 2. The molecule has 0 bridgehead atoms. The van der Waals surface area contributed by atoms with Gasteiger partial charge in [0.1, 0.15) is 0 Å². The third-order valence-electron chi connectivity index (χ3n) is 1.47. The van der Waals surface area contributed by atoms with E-state index in [9.17, 15) is 0 Å². The second-order valence-electron chi connectivity index (χ2n) is 2.22. The van der Waals surface area contributed by atoms with E-state index in [0.717, 1.165) is 5.57 Å². The third-order valence-corrected chi connectivity index (χ3v) is 1.69. The number of thiocarbonyl (C=S) groups is 1. The lowest BCUT2D eigenvalue weighted by molar-refractivity contribution is 0.164. The first-order valence-electron chi connectivity index (χ1n) is 3.23. The predicted molar refractivity (Wildman–Crippen MR) is 46.3 cm³/mol. The lowest BCUT2D eigenvalue weighted by Crippen LogP contribution is -2.40. The number of nitrogens with zero attached hydrogens (tertiary/aromatic N) is 1. The molecule has 0 saturated carbocycles. The summed E-state index contributed by atoms with van der Waals surface area (Å²) in [5, 5.41) is 3.38. The zero-order valence-corrected chi connectivity index (χ0v) is 6.47. The van der Waals surface area contributed by atoms with Crippen LogP contribution in [0.15, 0.2) is 29.0 Å². The maximum Gasteiger partial charge on any atom is 0.198 e. The molecular formula is C7H6N2OS. The minimum absolute atomic E-state index is 0.134. The maximum atomic E-state index is 5.21. The summed E-state index contributed by atoms with van der Waals surface area (Å²) in [4.78, 5) is 3.93. The van der Waals surface area contributed by atoms with Gasteiger partial charge >= 0.3 is 0 Å². The topological polar surface area (TPSA) is 33.6 Å². The van der Waals surface area contributed by atoms with E-state index in [-0.39, 0.29) is 6.23 Å². The standard InChI is InChI=1S/C7H6N2OS/c11-7-8-4-5-2-1-3-10-6(5)9-7/h1-4,6H,(H,9,11). The molecular weight excluding hydrogens is 160 g/mol. The molecule has 11 heavy (non-hydrogen) atoms. The lowest BCUT2D eigenvalue weighted by Gasteiger charge is -2.24. The van der Waals surface area contributed by atoms with Crippen LogP contribution in [0.1, 0.15) is 0 Å². The van der Waals surface area contributed by atoms with Gasteiger partial charge in [-0.1, -0.05) is 0 Å². The predicted octanol–water partition coefficient (Wildman–Crippen LogP) is 0.742. The highest BCUT2D eigenvalue weighted by Gasteiger charge is 2.18. The maximum absolute atomic E-state index is 5.21. The van der Waals surface area contributed by atoms with Crippen molar-refractivity contribution in [2.24, 2.45) is 4.99 Å². The Morgan fingerprint density at radius 3 is 3.45 bits per heavy atom. The molecule has 2 rings (SSSR count). The molecule has 0 radical (unpaired) electrons. The fourth-order valence-corrected chi connectivity index (χ4v) is 1.11. The number of hydrogen-bond acceptors (Lipinski definition) is 2. The van der Waals surface area contributed by atoms with Crippen molar-refractivity contribution in [3.05, 3.63) is 24.0 Å². The molecule has 0 aromatic heterocycles. The second-order valence-corrected chi connectivity index (χ2v) is 2.61. The molecule has 2 aliphatic heterocycles. The number of aliphatic imine (C=N–C) groups is 1. The van der Waals surface area contributed by atoms with Gasteiger partial charge in [-0.2, -0.15) is 0 Å². The minimum Gasteiger partial charge on any atom is -0.474 e. The van der Waals surface area contributed by atoms with Crippen LogP contribution >= 0.6 is 12.2 Å². The van der Waals surface area contributed by atoms with Crippen LogP contribution in [0, 0.1) is 0 Å². The van der Waals surface area contributed by atoms with Crippen molar-refractivity contribution in [3.8, 4) is 0 Å². The van der Waals surface area contributed by atoms with Crippen molar-refractivity contribution >= 4 is 23.5 Å². The molecule has 1 atom stereocenters. The summed E-state index contributed by atoms with van der Waals surface area (Å²) < 4.78 is 5.21. The highest BCUT2D eigenvalue weighted by atomic mass is 32.1. The fraction of sp³-hybridized carbons (Fsp3) is 0.143. The fourth-order valence-electron chi connectivity index (χ4n) is 0.951. The Morgan fingerprint density at radius 2 is 2.55 bits per heavy atom. The van der Waals surface area contributed by atoms with Gasteiger partial charge in [0.2, 0.25) is 0 Å². The molecule has 0 amide bonds. The Bertz CT molecular complexity index is 280. The van der Waals surface area contributed by atoms with Crippen LogP contribution in [0.2, 0.25) is 0 Å². The zero-order valence-electron chi connectivity index (χ0n) is 5.65. The van der Waals surface area contributed by atoms with E-state index in [2.05, 4.69) is 10.3 Å². The molecule has 4 heteroatoms. The van der Waals surface area contributed by atoms with Crippen LogP contribution in [0.25, 0.3) is 0 Å². The van der Waals surface area contributed by atoms with Gasteiger partial charge in [0.05, 0.1) is 6.26 Å². The van der Waals surface area contributed by atoms with Crippen LogP contribution in [-0.4, -0.2) is 17.6 Å². The molecule has 0 saturated heterocycles. The van der Waals surface area contributed by atoms with Gasteiger partial charge in [0.25, 0.3) is 0 Å². The summed E-state index contributed by atoms with van der Waals surface area (Å²) in [5.41, 5.74) is 1.00. The van der Waals surface area contributed by atoms with Crippen molar-refractivity contribution in [3.63, 3.8) is 0 Å². The first-order chi connectivity index (χ1) is 5.36. The van der Waals surface area contributed by atoms with E-state index in [0.29, 0.717) is 5.11 Å². The Kier molecular flexibility index (Phi) is 1.47. The monoisotopic (exact) mass is 166 g/mol. The minimum atomic E-state index is -0.134. The van der Waals surface area contributed by atoms with Gasteiger partial charge < -0.3 is 10.1 Å². The summed E-state index contributed by atoms with van der Waals surface area (Å²) in [7, 11) is 0. The Labute approximate surface area is 69.5 Å². The number of ether oxygens (including phenoxy) is 1. The molecule has 56 valence electrons. The first kappa shape index (κ1) is 6.54. The van der Waals surface area contributed by atoms with E-state index in [1.54, 1.807) is 12.5 Å². The third kappa shape index (κ3) is 1.17. The van der Waals surface area contributed by atoms with E-state index in [4.69, 9.17) is 17.0 Å². The smallest absolute Gasteiger partial charge is 0.198 e. The summed E-state index contributed by atoms with van der Waals surface area (Å²) in [6.45, 7) is 0. The molecule has 3 nitrogen and oxygen atoms in total. The van der Waals surface area contributed by atoms with Gasteiger partial charge in [-0.3, -0.25) is 0 Å². The quantitative estimate of drug-likeness (QED) is 0.539. The molecule has 2 aliphatic rings. The zero-order chi connectivity index (χ0) is 7.68. The molecule has 2 heterocycles. The highest BCUT2D eigenvalue weighted by Crippen LogP contribution is 2.11. The van der Waals surface area contributed by atoms with Gasteiger partial charge in [-0.05, 0) is 24.4 Å². The van der Waals surface area contributed by atoms with Crippen molar-refractivity contribution in [1.29, 1.82) is 0 Å². The Hall–Kier alpha value is -1.16. The Balaban J connectivity index is 2.31. The number of fused-ring (bicyclic) bond motifs is 1. The number of hydrogen-bond donors (Lipinski definition) is 1. The average molecular weight is 166 g/mol. The van der Waals surface area contributed by atoms with Gasteiger partial charge in [-0.25, -0.2) is 4.99 Å². The number of rotatable bonds is 0. The van der Waals surface area contributed by atoms with E-state index < -0.39 is 0 Å². The van der Waals surface area contributed by atoms with Crippen molar-refractivity contribution in [1.82, 2.24) is 5.32 Å². The summed E-state index contributed by atoms with van der Waals surface area (Å²) in [6, 6.07) is 0. The summed E-state index contributed by atoms with van der Waals surface area (Å²) in [6.07, 6.45) is 6.97. The van der Waals surface area contributed by atoms with Crippen LogP contribution in [0.4, 0.5) is 0 Å².